The molecule has 1 rings (SSSR count). The van der Waals surface area contributed by atoms with Gasteiger partial charge in [-0.2, -0.15) is 0 Å². The van der Waals surface area contributed by atoms with Crippen molar-refractivity contribution in [3.63, 3.8) is 0 Å². The molecule has 0 saturated carbocycles. The minimum Gasteiger partial charge on any atom is -0.327 e. The number of allylic oxidation sites excluding steroid dienone is 2. The molecule has 0 aromatic rings. The molecule has 0 radical (unpaired) electrons. The topological polar surface area (TPSA) is 43.1 Å². The number of aldehydes is 1. The van der Waals surface area contributed by atoms with E-state index in [1.165, 1.54) is 0 Å². The maximum absolute atomic E-state index is 10.8. The Labute approximate surface area is 79.5 Å². The lowest BCUT2D eigenvalue weighted by atomic mass is 9.72. The number of carbonyl (C=O) groups is 1. The summed E-state index contributed by atoms with van der Waals surface area (Å²) in [5.74, 6) is -0.141. The van der Waals surface area contributed by atoms with Crippen LogP contribution in [0.2, 0.25) is 0 Å². The average Bonchev–Trinajstić information content (AvgIpc) is 2.01. The van der Waals surface area contributed by atoms with Gasteiger partial charge in [-0.3, -0.25) is 0 Å². The van der Waals surface area contributed by atoms with Crippen molar-refractivity contribution in [2.24, 2.45) is 17.1 Å². The molecule has 0 bridgehead atoms. The van der Waals surface area contributed by atoms with Crippen molar-refractivity contribution in [2.45, 2.75) is 20.3 Å². The van der Waals surface area contributed by atoms with Gasteiger partial charge in [-0.05, 0) is 17.4 Å². The summed E-state index contributed by atoms with van der Waals surface area (Å²) in [5.41, 5.74) is 7.69. The molecule has 0 heterocycles. The monoisotopic (exact) mass is 179 g/mol. The number of hydrogen-bond acceptors (Lipinski definition) is 2. The molecule has 13 heavy (non-hydrogen) atoms. The minimum absolute atomic E-state index is 0.102. The highest BCUT2D eigenvalue weighted by molar-refractivity contribution is 5.65. The minimum atomic E-state index is -0.141. The number of rotatable bonds is 2. The molecule has 2 nitrogen and oxygen atoms in total. The zero-order valence-electron chi connectivity index (χ0n) is 8.34. The van der Waals surface area contributed by atoms with E-state index in [0.29, 0.717) is 6.54 Å². The standard InChI is InChI=1S/C11H17NO/c1-8-4-11(2,3)5-9(6-12)10(8)7-13/h5,7,10H,1,4,6,12H2,2-3H3. The van der Waals surface area contributed by atoms with Crippen LogP contribution in [0.1, 0.15) is 20.3 Å². The van der Waals surface area contributed by atoms with Crippen LogP contribution in [0.25, 0.3) is 0 Å². The fraction of sp³-hybridized carbons (Fsp3) is 0.545. The van der Waals surface area contributed by atoms with Crippen LogP contribution in [0.5, 0.6) is 0 Å². The first-order chi connectivity index (χ1) is 6.00. The molecule has 0 amide bonds. The first-order valence-corrected chi connectivity index (χ1v) is 4.55. The van der Waals surface area contributed by atoms with Gasteiger partial charge in [-0.15, -0.1) is 0 Å². The highest BCUT2D eigenvalue weighted by atomic mass is 16.1. The van der Waals surface area contributed by atoms with E-state index in [1.54, 1.807) is 0 Å². The molecular formula is C11H17NO. The second-order valence-electron chi connectivity index (χ2n) is 4.36. The third-order valence-electron chi connectivity index (χ3n) is 2.47. The summed E-state index contributed by atoms with van der Waals surface area (Å²) in [5, 5.41) is 0. The highest BCUT2D eigenvalue weighted by Gasteiger charge is 2.29. The summed E-state index contributed by atoms with van der Waals surface area (Å²) in [6, 6.07) is 0. The molecule has 2 heteroatoms. The smallest absolute Gasteiger partial charge is 0.131 e. The van der Waals surface area contributed by atoms with E-state index in [9.17, 15) is 4.79 Å². The van der Waals surface area contributed by atoms with Gasteiger partial charge in [-0.25, -0.2) is 0 Å². The van der Waals surface area contributed by atoms with Crippen molar-refractivity contribution in [3.05, 3.63) is 23.8 Å². The normalized spacial score (nSPS) is 26.8. The van der Waals surface area contributed by atoms with Gasteiger partial charge in [0.2, 0.25) is 0 Å². The Morgan fingerprint density at radius 2 is 2.38 bits per heavy atom. The average molecular weight is 179 g/mol. The predicted molar refractivity (Wildman–Crippen MR) is 54.2 cm³/mol. The molecule has 1 unspecified atom stereocenters. The number of hydrogen-bond donors (Lipinski definition) is 1. The summed E-state index contributed by atoms with van der Waals surface area (Å²) < 4.78 is 0. The van der Waals surface area contributed by atoms with Gasteiger partial charge >= 0.3 is 0 Å². The Hall–Kier alpha value is -0.890. The van der Waals surface area contributed by atoms with Gasteiger partial charge in [-0.1, -0.05) is 32.1 Å². The molecule has 0 aromatic carbocycles. The summed E-state index contributed by atoms with van der Waals surface area (Å²) in [7, 11) is 0. The third kappa shape index (κ3) is 2.07. The summed E-state index contributed by atoms with van der Waals surface area (Å²) >= 11 is 0. The Morgan fingerprint density at radius 3 is 2.85 bits per heavy atom. The molecule has 2 N–H and O–H groups in total. The van der Waals surface area contributed by atoms with Crippen LogP contribution in [0.15, 0.2) is 23.8 Å². The Morgan fingerprint density at radius 1 is 1.77 bits per heavy atom. The summed E-state index contributed by atoms with van der Waals surface area (Å²) in [6.07, 6.45) is 3.93. The SMILES string of the molecule is C=C1CC(C)(C)C=C(CN)C1C=O. The second-order valence-corrected chi connectivity index (χ2v) is 4.36. The van der Waals surface area contributed by atoms with Crippen LogP contribution in [0.3, 0.4) is 0 Å². The van der Waals surface area contributed by atoms with Crippen molar-refractivity contribution in [1.82, 2.24) is 0 Å². The van der Waals surface area contributed by atoms with Crippen molar-refractivity contribution >= 4 is 6.29 Å². The van der Waals surface area contributed by atoms with E-state index in [0.717, 1.165) is 23.9 Å². The molecule has 0 fully saturated rings. The third-order valence-corrected chi connectivity index (χ3v) is 2.47. The lowest BCUT2D eigenvalue weighted by Gasteiger charge is -2.32. The van der Waals surface area contributed by atoms with Gasteiger partial charge in [0.25, 0.3) is 0 Å². The van der Waals surface area contributed by atoms with Gasteiger partial charge in [0.15, 0.2) is 0 Å². The van der Waals surface area contributed by atoms with E-state index in [1.807, 2.05) is 0 Å². The summed E-state index contributed by atoms with van der Waals surface area (Å²) in [6.45, 7) is 8.65. The fourth-order valence-electron chi connectivity index (χ4n) is 1.97. The van der Waals surface area contributed by atoms with Gasteiger partial charge < -0.3 is 10.5 Å². The van der Waals surface area contributed by atoms with Gasteiger partial charge in [0.1, 0.15) is 6.29 Å². The van der Waals surface area contributed by atoms with Crippen LogP contribution >= 0.6 is 0 Å². The molecule has 1 aliphatic rings. The van der Waals surface area contributed by atoms with E-state index in [4.69, 9.17) is 5.73 Å². The second kappa shape index (κ2) is 3.46. The fourth-order valence-corrected chi connectivity index (χ4v) is 1.97. The molecule has 0 aliphatic heterocycles. The van der Waals surface area contributed by atoms with E-state index in [-0.39, 0.29) is 11.3 Å². The predicted octanol–water partition coefficient (Wildman–Crippen LogP) is 1.67. The zero-order chi connectivity index (χ0) is 10.1. The first kappa shape index (κ1) is 10.2. The summed E-state index contributed by atoms with van der Waals surface area (Å²) in [4.78, 5) is 10.8. The van der Waals surface area contributed by atoms with Crippen LogP contribution in [-0.2, 0) is 4.79 Å². The molecular weight excluding hydrogens is 162 g/mol. The van der Waals surface area contributed by atoms with Crippen LogP contribution in [0.4, 0.5) is 0 Å². The van der Waals surface area contributed by atoms with Crippen molar-refractivity contribution < 1.29 is 4.79 Å². The maximum Gasteiger partial charge on any atom is 0.131 e. The molecule has 1 aliphatic carbocycles. The largest absolute Gasteiger partial charge is 0.327 e. The van der Waals surface area contributed by atoms with E-state index in [2.05, 4.69) is 26.5 Å². The number of nitrogens with two attached hydrogens (primary N) is 1. The molecule has 0 spiro atoms. The van der Waals surface area contributed by atoms with Gasteiger partial charge in [0.05, 0.1) is 5.92 Å². The van der Waals surface area contributed by atoms with Crippen LogP contribution in [-0.4, -0.2) is 12.8 Å². The first-order valence-electron chi connectivity index (χ1n) is 4.55. The Bertz CT molecular complexity index is 263. The van der Waals surface area contributed by atoms with E-state index < -0.39 is 0 Å². The Kier molecular flexibility index (Phi) is 2.71. The lowest BCUT2D eigenvalue weighted by Crippen LogP contribution is -2.26. The molecule has 1 atom stereocenters. The molecule has 72 valence electrons. The molecule has 0 saturated heterocycles. The zero-order valence-corrected chi connectivity index (χ0v) is 8.34. The highest BCUT2D eigenvalue weighted by Crippen LogP contribution is 2.38. The maximum atomic E-state index is 10.8. The van der Waals surface area contributed by atoms with Crippen molar-refractivity contribution in [1.29, 1.82) is 0 Å². The van der Waals surface area contributed by atoms with Gasteiger partial charge in [0, 0.05) is 6.54 Å². The van der Waals surface area contributed by atoms with Crippen LogP contribution in [0, 0.1) is 11.3 Å². The molecule has 0 aromatic heterocycles. The quantitative estimate of drug-likeness (QED) is 0.517. The van der Waals surface area contributed by atoms with Crippen molar-refractivity contribution in [3.8, 4) is 0 Å². The number of carbonyl (C=O) groups excluding carboxylic acids is 1. The lowest BCUT2D eigenvalue weighted by molar-refractivity contribution is -0.109. The Balaban J connectivity index is 3.03. The van der Waals surface area contributed by atoms with Crippen molar-refractivity contribution in [2.75, 3.05) is 6.54 Å². The van der Waals surface area contributed by atoms with Crippen LogP contribution < -0.4 is 5.73 Å². The van der Waals surface area contributed by atoms with E-state index >= 15 is 0 Å².